The molecule has 0 aliphatic heterocycles. The summed E-state index contributed by atoms with van der Waals surface area (Å²) in [6.07, 6.45) is 0.108. The Kier molecular flexibility index (Phi) is 6.58. The van der Waals surface area contributed by atoms with Crippen LogP contribution < -0.4 is 0 Å². The van der Waals surface area contributed by atoms with Crippen molar-refractivity contribution in [3.63, 3.8) is 0 Å². The van der Waals surface area contributed by atoms with Crippen molar-refractivity contribution >= 4 is 25.2 Å². The van der Waals surface area contributed by atoms with Gasteiger partial charge in [0.25, 0.3) is 0 Å². The van der Waals surface area contributed by atoms with E-state index in [0.717, 1.165) is 0 Å². The van der Waals surface area contributed by atoms with E-state index < -0.39 is 19.4 Å². The van der Waals surface area contributed by atoms with E-state index in [-0.39, 0.29) is 6.42 Å². The molecule has 0 aliphatic rings. The Morgan fingerprint density at radius 2 is 1.62 bits per heavy atom. The van der Waals surface area contributed by atoms with Gasteiger partial charge in [0.05, 0.1) is 5.56 Å². The fraction of sp³-hybridized carbons (Fsp3) is 0.235. The number of ether oxygens (including phenoxy) is 1. The van der Waals surface area contributed by atoms with Crippen LogP contribution in [0.25, 0.3) is 0 Å². The third-order valence-electron chi connectivity index (χ3n) is 3.47. The number of hydrogen-bond donors (Lipinski definition) is 0. The zero-order valence-electron chi connectivity index (χ0n) is 13.3. The standard InChI is InChI=1S/C17H18ClO5P/c1-21-24(20,22-2)16(12-14-10-6-7-11-15(14)18)23-17(19)13-8-4-3-5-9-13/h3-11,16H,12H2,1-2H3/t16-/m1/s1. The van der Waals surface area contributed by atoms with Crippen molar-refractivity contribution in [2.24, 2.45) is 0 Å². The number of hydrogen-bond acceptors (Lipinski definition) is 5. The second kappa shape index (κ2) is 8.45. The maximum Gasteiger partial charge on any atom is 0.370 e. The SMILES string of the molecule is COP(=O)(OC)[C@H](Cc1ccccc1Cl)OC(=O)c1ccccc1. The Morgan fingerprint density at radius 1 is 1.04 bits per heavy atom. The van der Waals surface area contributed by atoms with Crippen LogP contribution in [-0.2, 0) is 24.8 Å². The highest BCUT2D eigenvalue weighted by Gasteiger charge is 2.38. The first-order chi connectivity index (χ1) is 11.5. The van der Waals surface area contributed by atoms with Gasteiger partial charge in [-0.25, -0.2) is 4.79 Å². The van der Waals surface area contributed by atoms with Crippen molar-refractivity contribution in [1.82, 2.24) is 0 Å². The molecule has 7 heteroatoms. The van der Waals surface area contributed by atoms with E-state index in [9.17, 15) is 9.36 Å². The van der Waals surface area contributed by atoms with Gasteiger partial charge in [-0.05, 0) is 23.8 Å². The summed E-state index contributed by atoms with van der Waals surface area (Å²) < 4.78 is 28.2. The van der Waals surface area contributed by atoms with Crippen molar-refractivity contribution in [1.29, 1.82) is 0 Å². The number of carbonyl (C=O) groups excluding carboxylic acids is 1. The summed E-state index contributed by atoms with van der Waals surface area (Å²) in [5.41, 5.74) is 1.03. The van der Waals surface area contributed by atoms with E-state index in [4.69, 9.17) is 25.4 Å². The lowest BCUT2D eigenvalue weighted by atomic mass is 10.1. The minimum Gasteiger partial charge on any atom is -0.445 e. The Morgan fingerprint density at radius 3 is 2.21 bits per heavy atom. The van der Waals surface area contributed by atoms with Crippen molar-refractivity contribution in [2.75, 3.05) is 14.2 Å². The molecule has 0 amide bonds. The lowest BCUT2D eigenvalue weighted by Gasteiger charge is -2.24. The maximum absolute atomic E-state index is 12.8. The third-order valence-corrected chi connectivity index (χ3v) is 5.85. The molecule has 0 spiro atoms. The predicted molar refractivity (Wildman–Crippen MR) is 92.4 cm³/mol. The van der Waals surface area contributed by atoms with Gasteiger partial charge in [0.2, 0.25) is 5.85 Å². The van der Waals surface area contributed by atoms with Crippen molar-refractivity contribution < 1.29 is 23.1 Å². The van der Waals surface area contributed by atoms with Crippen LogP contribution in [0.5, 0.6) is 0 Å². The van der Waals surface area contributed by atoms with E-state index in [1.165, 1.54) is 14.2 Å². The van der Waals surface area contributed by atoms with Gasteiger partial charge >= 0.3 is 13.6 Å². The van der Waals surface area contributed by atoms with Gasteiger partial charge in [0, 0.05) is 25.7 Å². The van der Waals surface area contributed by atoms with Gasteiger partial charge in [-0.3, -0.25) is 4.57 Å². The summed E-state index contributed by atoms with van der Waals surface area (Å²) in [6.45, 7) is 0. The zero-order valence-corrected chi connectivity index (χ0v) is 15.0. The Hall–Kier alpha value is -1.65. The van der Waals surface area contributed by atoms with Crippen LogP contribution in [0, 0.1) is 0 Å². The normalized spacial score (nSPS) is 12.6. The van der Waals surface area contributed by atoms with Crippen LogP contribution in [0.2, 0.25) is 5.02 Å². The van der Waals surface area contributed by atoms with Crippen LogP contribution in [0.3, 0.4) is 0 Å². The number of benzene rings is 2. The lowest BCUT2D eigenvalue weighted by molar-refractivity contribution is 0.0385. The van der Waals surface area contributed by atoms with Crippen LogP contribution in [-0.4, -0.2) is 26.0 Å². The van der Waals surface area contributed by atoms with Gasteiger partial charge in [-0.1, -0.05) is 48.0 Å². The lowest BCUT2D eigenvalue weighted by Crippen LogP contribution is -2.23. The number of carbonyl (C=O) groups is 1. The molecular formula is C17H18ClO5P. The van der Waals surface area contributed by atoms with Crippen LogP contribution >= 0.6 is 19.2 Å². The molecule has 128 valence electrons. The summed E-state index contributed by atoms with van der Waals surface area (Å²) in [4.78, 5) is 12.3. The summed E-state index contributed by atoms with van der Waals surface area (Å²) in [5.74, 6) is -1.72. The van der Waals surface area contributed by atoms with Crippen molar-refractivity contribution in [3.05, 3.63) is 70.7 Å². The smallest absolute Gasteiger partial charge is 0.370 e. The predicted octanol–water partition coefficient (Wildman–Crippen LogP) is 4.55. The minimum absolute atomic E-state index is 0.108. The molecule has 0 saturated carbocycles. The fourth-order valence-corrected chi connectivity index (χ4v) is 3.62. The molecular weight excluding hydrogens is 351 g/mol. The first-order valence-electron chi connectivity index (χ1n) is 7.21. The Labute approximate surface area is 146 Å². The summed E-state index contributed by atoms with van der Waals surface area (Å²) in [6, 6.07) is 15.5. The summed E-state index contributed by atoms with van der Waals surface area (Å²) in [5, 5.41) is 0.483. The molecule has 0 aliphatic carbocycles. The molecule has 0 N–H and O–H groups in total. The quantitative estimate of drug-likeness (QED) is 0.530. The van der Waals surface area contributed by atoms with Crippen molar-refractivity contribution in [2.45, 2.75) is 12.3 Å². The van der Waals surface area contributed by atoms with E-state index in [1.54, 1.807) is 54.6 Å². The third kappa shape index (κ3) is 4.46. The number of rotatable bonds is 7. The second-order valence-corrected chi connectivity index (χ2v) is 7.72. The summed E-state index contributed by atoms with van der Waals surface area (Å²) in [7, 11) is -1.15. The number of halogens is 1. The van der Waals surface area contributed by atoms with Gasteiger partial charge in [-0.15, -0.1) is 0 Å². The number of esters is 1. The monoisotopic (exact) mass is 368 g/mol. The van der Waals surface area contributed by atoms with Crippen LogP contribution in [0.15, 0.2) is 54.6 Å². The van der Waals surface area contributed by atoms with Crippen LogP contribution in [0.1, 0.15) is 15.9 Å². The van der Waals surface area contributed by atoms with Crippen LogP contribution in [0.4, 0.5) is 0 Å². The average Bonchev–Trinajstić information content (AvgIpc) is 2.62. The molecule has 0 heterocycles. The minimum atomic E-state index is -3.65. The highest BCUT2D eigenvalue weighted by Crippen LogP contribution is 2.53. The van der Waals surface area contributed by atoms with E-state index in [2.05, 4.69) is 0 Å². The Balaban J connectivity index is 2.28. The van der Waals surface area contributed by atoms with Gasteiger partial charge in [-0.2, -0.15) is 0 Å². The topological polar surface area (TPSA) is 61.8 Å². The first kappa shape index (κ1) is 18.7. The molecule has 0 fully saturated rings. The molecule has 1 atom stereocenters. The van der Waals surface area contributed by atoms with Gasteiger partial charge < -0.3 is 13.8 Å². The molecule has 2 rings (SSSR count). The fourth-order valence-electron chi connectivity index (χ4n) is 2.15. The van der Waals surface area contributed by atoms with Gasteiger partial charge in [0.15, 0.2) is 0 Å². The maximum atomic E-state index is 12.8. The van der Waals surface area contributed by atoms with Gasteiger partial charge in [0.1, 0.15) is 0 Å². The second-order valence-electron chi connectivity index (χ2n) is 4.93. The molecule has 5 nitrogen and oxygen atoms in total. The van der Waals surface area contributed by atoms with E-state index >= 15 is 0 Å². The molecule has 2 aromatic carbocycles. The molecule has 0 saturated heterocycles. The molecule has 24 heavy (non-hydrogen) atoms. The average molecular weight is 369 g/mol. The van der Waals surface area contributed by atoms with E-state index in [0.29, 0.717) is 16.1 Å². The Bertz CT molecular complexity index is 727. The highest BCUT2D eigenvalue weighted by atomic mass is 35.5. The first-order valence-corrected chi connectivity index (χ1v) is 9.19. The molecule has 2 aromatic rings. The molecule has 0 bridgehead atoms. The largest absolute Gasteiger partial charge is 0.445 e. The van der Waals surface area contributed by atoms with Crippen molar-refractivity contribution in [3.8, 4) is 0 Å². The zero-order chi connectivity index (χ0) is 17.6. The molecule has 0 radical (unpaired) electrons. The molecule has 0 unspecified atom stereocenters. The summed E-state index contributed by atoms with van der Waals surface area (Å²) >= 11 is 6.15. The molecule has 0 aromatic heterocycles. The highest BCUT2D eigenvalue weighted by molar-refractivity contribution is 7.54. The van der Waals surface area contributed by atoms with E-state index in [1.807, 2.05) is 0 Å².